The van der Waals surface area contributed by atoms with Crippen LogP contribution >= 0.6 is 0 Å². The molecule has 36 heavy (non-hydrogen) atoms. The minimum atomic E-state index is -1.06. The SMILES string of the molecule is O=C(O)c1cn2nc(NCCCN3CCC(OC(c4ccccc4)c4ccccc4)CC3)ccc2n1. The third-order valence-electron chi connectivity index (χ3n) is 6.56. The van der Waals surface area contributed by atoms with Crippen molar-refractivity contribution in [3.8, 4) is 0 Å². The summed E-state index contributed by atoms with van der Waals surface area (Å²) in [4.78, 5) is 17.6. The molecule has 8 nitrogen and oxygen atoms in total. The highest BCUT2D eigenvalue weighted by Gasteiger charge is 2.24. The Kier molecular flexibility index (Phi) is 7.54. The number of hydrogen-bond donors (Lipinski definition) is 2. The van der Waals surface area contributed by atoms with Crippen LogP contribution in [0.15, 0.2) is 79.0 Å². The van der Waals surface area contributed by atoms with Crippen LogP contribution in [0.25, 0.3) is 5.65 Å². The summed E-state index contributed by atoms with van der Waals surface area (Å²) in [6.45, 7) is 3.85. The number of fused-ring (bicyclic) bond motifs is 1. The van der Waals surface area contributed by atoms with Crippen LogP contribution < -0.4 is 5.32 Å². The Bertz CT molecular complexity index is 1230. The number of hydrogen-bond acceptors (Lipinski definition) is 6. The zero-order chi connectivity index (χ0) is 24.7. The lowest BCUT2D eigenvalue weighted by Crippen LogP contribution is -2.38. The molecule has 0 radical (unpaired) electrons. The van der Waals surface area contributed by atoms with E-state index in [2.05, 4.69) is 68.8 Å². The minimum absolute atomic E-state index is 0.00844. The van der Waals surface area contributed by atoms with Crippen molar-refractivity contribution in [2.45, 2.75) is 31.5 Å². The Morgan fingerprint density at radius 3 is 2.31 bits per heavy atom. The van der Waals surface area contributed by atoms with Crippen molar-refractivity contribution in [3.05, 3.63) is 95.8 Å². The van der Waals surface area contributed by atoms with Crippen molar-refractivity contribution in [2.24, 2.45) is 0 Å². The fraction of sp³-hybridized carbons (Fsp3) is 0.321. The first-order valence-electron chi connectivity index (χ1n) is 12.5. The zero-order valence-electron chi connectivity index (χ0n) is 20.2. The van der Waals surface area contributed by atoms with Crippen LogP contribution in [-0.2, 0) is 4.74 Å². The number of carboxylic acids is 1. The molecule has 1 aliphatic rings. The van der Waals surface area contributed by atoms with E-state index >= 15 is 0 Å². The van der Waals surface area contributed by atoms with Gasteiger partial charge in [0.15, 0.2) is 11.3 Å². The normalized spacial score (nSPS) is 14.9. The number of carbonyl (C=O) groups is 1. The predicted molar refractivity (Wildman–Crippen MR) is 138 cm³/mol. The molecule has 1 aliphatic heterocycles. The molecule has 0 bridgehead atoms. The van der Waals surface area contributed by atoms with Crippen LogP contribution in [0.5, 0.6) is 0 Å². The van der Waals surface area contributed by atoms with Gasteiger partial charge in [-0.15, -0.1) is 5.10 Å². The zero-order valence-corrected chi connectivity index (χ0v) is 20.2. The Morgan fingerprint density at radius 1 is 1.00 bits per heavy atom. The van der Waals surface area contributed by atoms with Crippen LogP contribution in [0.4, 0.5) is 5.82 Å². The predicted octanol–water partition coefficient (Wildman–Crippen LogP) is 4.50. The number of nitrogens with one attached hydrogen (secondary N) is 1. The summed E-state index contributed by atoms with van der Waals surface area (Å²) in [5.74, 6) is -0.350. The Morgan fingerprint density at radius 2 is 1.67 bits per heavy atom. The van der Waals surface area contributed by atoms with E-state index in [0.29, 0.717) is 11.5 Å². The minimum Gasteiger partial charge on any atom is -0.476 e. The van der Waals surface area contributed by atoms with Gasteiger partial charge in [0.25, 0.3) is 0 Å². The molecule has 0 atom stereocenters. The Balaban J connectivity index is 1.08. The van der Waals surface area contributed by atoms with E-state index in [1.807, 2.05) is 18.2 Å². The summed E-state index contributed by atoms with van der Waals surface area (Å²) in [6.07, 6.45) is 4.66. The highest BCUT2D eigenvalue weighted by Crippen LogP contribution is 2.30. The molecule has 1 saturated heterocycles. The first-order chi connectivity index (χ1) is 17.7. The summed E-state index contributed by atoms with van der Waals surface area (Å²) in [7, 11) is 0. The maximum atomic E-state index is 11.1. The molecule has 1 fully saturated rings. The average Bonchev–Trinajstić information content (AvgIpc) is 3.36. The number of benzene rings is 2. The van der Waals surface area contributed by atoms with Gasteiger partial charge in [-0.1, -0.05) is 60.7 Å². The second-order valence-electron chi connectivity index (χ2n) is 9.11. The molecule has 186 valence electrons. The summed E-state index contributed by atoms with van der Waals surface area (Å²) in [5.41, 5.74) is 2.90. The number of aromatic nitrogens is 3. The number of likely N-dealkylation sites (tertiary alicyclic amines) is 1. The standard InChI is InChI=1S/C28H31N5O3/c34-28(35)24-20-33-26(30-24)13-12-25(31-33)29-16-7-17-32-18-14-23(15-19-32)36-27(21-8-3-1-4-9-21)22-10-5-2-6-11-22/h1-6,8-13,20,23,27H,7,14-19H2,(H,29,31)(H,34,35). The van der Waals surface area contributed by atoms with Gasteiger partial charge in [-0.3, -0.25) is 0 Å². The van der Waals surface area contributed by atoms with Gasteiger partial charge in [-0.2, -0.15) is 0 Å². The average molecular weight is 486 g/mol. The van der Waals surface area contributed by atoms with E-state index in [9.17, 15) is 4.79 Å². The molecule has 2 N–H and O–H groups in total. The molecule has 3 heterocycles. The number of rotatable bonds is 10. The van der Waals surface area contributed by atoms with Crippen LogP contribution in [0.1, 0.15) is 47.0 Å². The Hall–Kier alpha value is -3.75. The molecule has 0 amide bonds. The molecular weight excluding hydrogens is 454 g/mol. The fourth-order valence-corrected chi connectivity index (χ4v) is 4.67. The van der Waals surface area contributed by atoms with E-state index < -0.39 is 5.97 Å². The Labute approximate surface area is 210 Å². The van der Waals surface area contributed by atoms with Crippen molar-refractivity contribution >= 4 is 17.4 Å². The molecule has 0 unspecified atom stereocenters. The second-order valence-corrected chi connectivity index (χ2v) is 9.11. The van der Waals surface area contributed by atoms with Gasteiger partial charge >= 0.3 is 5.97 Å². The van der Waals surface area contributed by atoms with E-state index in [1.165, 1.54) is 21.8 Å². The van der Waals surface area contributed by atoms with Gasteiger partial charge in [-0.05, 0) is 49.1 Å². The quantitative estimate of drug-likeness (QED) is 0.320. The third-order valence-corrected chi connectivity index (χ3v) is 6.56. The number of anilines is 1. The maximum absolute atomic E-state index is 11.1. The number of ether oxygens (including phenoxy) is 1. The molecule has 0 saturated carbocycles. The molecule has 5 rings (SSSR count). The van der Waals surface area contributed by atoms with Gasteiger partial charge in [-0.25, -0.2) is 14.3 Å². The number of imidazole rings is 1. The molecule has 0 aliphatic carbocycles. The monoisotopic (exact) mass is 485 g/mol. The lowest BCUT2D eigenvalue weighted by atomic mass is 10.00. The second kappa shape index (κ2) is 11.3. The van der Waals surface area contributed by atoms with Crippen molar-refractivity contribution in [3.63, 3.8) is 0 Å². The highest BCUT2D eigenvalue weighted by molar-refractivity contribution is 5.86. The lowest BCUT2D eigenvalue weighted by molar-refractivity contribution is -0.0269. The van der Waals surface area contributed by atoms with Crippen molar-refractivity contribution in [1.29, 1.82) is 0 Å². The van der Waals surface area contributed by atoms with Gasteiger partial charge in [0.05, 0.1) is 12.3 Å². The first-order valence-corrected chi connectivity index (χ1v) is 12.5. The maximum Gasteiger partial charge on any atom is 0.356 e. The molecule has 0 spiro atoms. The number of nitrogens with zero attached hydrogens (tertiary/aromatic N) is 4. The van der Waals surface area contributed by atoms with Gasteiger partial charge in [0, 0.05) is 19.6 Å². The molecule has 2 aromatic carbocycles. The summed E-state index contributed by atoms with van der Waals surface area (Å²) >= 11 is 0. The first kappa shape index (κ1) is 24.0. The highest BCUT2D eigenvalue weighted by atomic mass is 16.5. The largest absolute Gasteiger partial charge is 0.476 e. The van der Waals surface area contributed by atoms with Crippen LogP contribution in [0, 0.1) is 0 Å². The lowest BCUT2D eigenvalue weighted by Gasteiger charge is -2.34. The molecule has 4 aromatic rings. The van der Waals surface area contributed by atoms with Crippen molar-refractivity contribution < 1.29 is 14.6 Å². The van der Waals surface area contributed by atoms with E-state index in [-0.39, 0.29) is 17.9 Å². The van der Waals surface area contributed by atoms with Crippen LogP contribution in [0.2, 0.25) is 0 Å². The molecule has 2 aromatic heterocycles. The van der Waals surface area contributed by atoms with Gasteiger partial charge < -0.3 is 20.1 Å². The van der Waals surface area contributed by atoms with Gasteiger partial charge in [0.1, 0.15) is 11.9 Å². The summed E-state index contributed by atoms with van der Waals surface area (Å²) < 4.78 is 8.15. The number of carboxylic acid groups (broad SMARTS) is 1. The van der Waals surface area contributed by atoms with E-state index in [4.69, 9.17) is 9.84 Å². The third kappa shape index (κ3) is 5.90. The topological polar surface area (TPSA) is 92.0 Å². The van der Waals surface area contributed by atoms with E-state index in [1.54, 1.807) is 6.07 Å². The summed E-state index contributed by atoms with van der Waals surface area (Å²) in [6, 6.07) is 24.5. The number of piperidine rings is 1. The van der Waals surface area contributed by atoms with Gasteiger partial charge in [0.2, 0.25) is 0 Å². The fourth-order valence-electron chi connectivity index (χ4n) is 4.67. The van der Waals surface area contributed by atoms with Crippen LogP contribution in [0.3, 0.4) is 0 Å². The van der Waals surface area contributed by atoms with E-state index in [0.717, 1.165) is 45.4 Å². The number of aromatic carboxylic acids is 1. The summed E-state index contributed by atoms with van der Waals surface area (Å²) in [5, 5.41) is 16.8. The van der Waals surface area contributed by atoms with Crippen molar-refractivity contribution in [1.82, 2.24) is 19.5 Å². The molecular formula is C28H31N5O3. The molecule has 8 heteroatoms. The van der Waals surface area contributed by atoms with Crippen molar-refractivity contribution in [2.75, 3.05) is 31.5 Å². The smallest absolute Gasteiger partial charge is 0.356 e. The van der Waals surface area contributed by atoms with Crippen LogP contribution in [-0.4, -0.2) is 62.9 Å².